The number of aliphatic hydroxyl groups is 1. The second-order valence-electron chi connectivity index (χ2n) is 7.88. The first-order chi connectivity index (χ1) is 12.6. The van der Waals surface area contributed by atoms with E-state index >= 15 is 0 Å². The monoisotopic (exact) mass is 358 g/mol. The Labute approximate surface area is 153 Å². The Morgan fingerprint density at radius 2 is 2.08 bits per heavy atom. The van der Waals surface area contributed by atoms with Crippen LogP contribution in [0.15, 0.2) is 30.5 Å². The first-order valence-electron chi connectivity index (χ1n) is 9.43. The summed E-state index contributed by atoms with van der Waals surface area (Å²) < 4.78 is 13.2. The lowest BCUT2D eigenvalue weighted by molar-refractivity contribution is -0.0684. The Bertz CT molecular complexity index is 747. The number of fused-ring (bicyclic) bond motifs is 1. The van der Waals surface area contributed by atoms with Crippen molar-refractivity contribution in [3.63, 3.8) is 0 Å². The van der Waals surface area contributed by atoms with E-state index in [0.717, 1.165) is 55.8 Å². The van der Waals surface area contributed by atoms with Gasteiger partial charge in [-0.2, -0.15) is 5.10 Å². The Kier molecular flexibility index (Phi) is 4.82. The van der Waals surface area contributed by atoms with Crippen molar-refractivity contribution in [1.29, 1.82) is 0 Å². The molecule has 0 amide bonds. The van der Waals surface area contributed by atoms with Gasteiger partial charge in [-0.25, -0.2) is 4.39 Å². The predicted octanol–water partition coefficient (Wildman–Crippen LogP) is 2.49. The summed E-state index contributed by atoms with van der Waals surface area (Å²) in [5.41, 5.74) is 3.10. The molecule has 1 aromatic carbocycles. The largest absolute Gasteiger partial charge is 0.396 e. The van der Waals surface area contributed by atoms with Gasteiger partial charge in [0.1, 0.15) is 5.82 Å². The molecule has 4 rings (SSSR count). The second kappa shape index (κ2) is 7.10. The number of H-pyrrole nitrogens is 1. The summed E-state index contributed by atoms with van der Waals surface area (Å²) in [5.74, 6) is -0.230. The Balaban J connectivity index is 1.51. The number of likely N-dealkylation sites (N-methyl/N-ethyl adjacent to an activating group) is 1. The van der Waals surface area contributed by atoms with Crippen LogP contribution in [0.25, 0.3) is 11.3 Å². The van der Waals surface area contributed by atoms with Gasteiger partial charge in [-0.3, -0.25) is 10.00 Å². The van der Waals surface area contributed by atoms with Crippen LogP contribution in [0, 0.1) is 11.2 Å². The molecular weight excluding hydrogens is 331 g/mol. The van der Waals surface area contributed by atoms with E-state index < -0.39 is 0 Å². The molecule has 2 aliphatic rings. The van der Waals surface area contributed by atoms with E-state index in [0.29, 0.717) is 6.04 Å². The van der Waals surface area contributed by atoms with Gasteiger partial charge in [0, 0.05) is 35.7 Å². The van der Waals surface area contributed by atoms with Gasteiger partial charge in [0.05, 0.1) is 18.5 Å². The Morgan fingerprint density at radius 3 is 2.85 bits per heavy atom. The number of nitrogens with zero attached hydrogens (tertiary/aromatic N) is 3. The molecule has 0 bridgehead atoms. The number of benzene rings is 1. The number of nitrogens with one attached hydrogen (secondary N) is 1. The summed E-state index contributed by atoms with van der Waals surface area (Å²) in [7, 11) is 2.18. The number of rotatable bonds is 4. The minimum absolute atomic E-state index is 0.0552. The molecule has 5 nitrogen and oxygen atoms in total. The van der Waals surface area contributed by atoms with Crippen molar-refractivity contribution in [1.82, 2.24) is 20.0 Å². The van der Waals surface area contributed by atoms with E-state index in [4.69, 9.17) is 0 Å². The first kappa shape index (κ1) is 17.6. The van der Waals surface area contributed by atoms with Crippen LogP contribution in [0.2, 0.25) is 0 Å². The molecule has 0 aliphatic carbocycles. The third-order valence-electron chi connectivity index (χ3n) is 6.34. The zero-order valence-corrected chi connectivity index (χ0v) is 15.3. The average Bonchev–Trinajstić information content (AvgIpc) is 3.11. The highest BCUT2D eigenvalue weighted by Gasteiger charge is 2.46. The zero-order valence-electron chi connectivity index (χ0n) is 15.3. The van der Waals surface area contributed by atoms with Crippen LogP contribution >= 0.6 is 0 Å². The molecule has 2 aromatic rings. The highest BCUT2D eigenvalue weighted by molar-refractivity contribution is 5.62. The van der Waals surface area contributed by atoms with Crippen LogP contribution < -0.4 is 0 Å². The minimum Gasteiger partial charge on any atom is -0.396 e. The molecule has 26 heavy (non-hydrogen) atoms. The Morgan fingerprint density at radius 1 is 1.27 bits per heavy atom. The second-order valence-corrected chi connectivity index (χ2v) is 7.88. The quantitative estimate of drug-likeness (QED) is 0.882. The van der Waals surface area contributed by atoms with Gasteiger partial charge in [0.25, 0.3) is 0 Å². The van der Waals surface area contributed by atoms with E-state index in [1.54, 1.807) is 12.1 Å². The maximum absolute atomic E-state index is 13.2. The van der Waals surface area contributed by atoms with Gasteiger partial charge < -0.3 is 10.0 Å². The van der Waals surface area contributed by atoms with Crippen LogP contribution in [0.4, 0.5) is 4.39 Å². The lowest BCUT2D eigenvalue weighted by atomic mass is 9.69. The molecule has 0 unspecified atom stereocenters. The third kappa shape index (κ3) is 3.17. The van der Waals surface area contributed by atoms with Crippen molar-refractivity contribution >= 4 is 0 Å². The standard InChI is InChI=1S/C20H27FN4O/c1-24-9-2-7-20(14-26)8-10-25(13-18(20)24)12-16-11-22-23-19(16)15-3-5-17(21)6-4-15/h3-6,11,18,26H,2,7-10,12-14H2,1H3,(H,22,23)/t18-,20-/m1/s1. The van der Waals surface area contributed by atoms with Gasteiger partial charge in [0.15, 0.2) is 0 Å². The molecule has 2 N–H and O–H groups in total. The smallest absolute Gasteiger partial charge is 0.123 e. The van der Waals surface area contributed by atoms with Gasteiger partial charge >= 0.3 is 0 Å². The van der Waals surface area contributed by atoms with Gasteiger partial charge in [-0.1, -0.05) is 0 Å². The fourth-order valence-electron chi connectivity index (χ4n) is 4.76. The summed E-state index contributed by atoms with van der Waals surface area (Å²) in [6.07, 6.45) is 5.20. The molecule has 2 atom stereocenters. The average molecular weight is 358 g/mol. The van der Waals surface area contributed by atoms with Crippen LogP contribution in [0.5, 0.6) is 0 Å². The highest BCUT2D eigenvalue weighted by atomic mass is 19.1. The van der Waals surface area contributed by atoms with E-state index in [2.05, 4.69) is 27.0 Å². The van der Waals surface area contributed by atoms with E-state index in [1.807, 2.05) is 6.20 Å². The van der Waals surface area contributed by atoms with Crippen molar-refractivity contribution in [2.75, 3.05) is 33.3 Å². The molecule has 0 spiro atoms. The van der Waals surface area contributed by atoms with Crippen LogP contribution in [0.1, 0.15) is 24.8 Å². The molecule has 0 saturated carbocycles. The summed E-state index contributed by atoms with van der Waals surface area (Å²) in [6, 6.07) is 6.93. The number of piperidine rings is 2. The Hall–Kier alpha value is -1.76. The van der Waals surface area contributed by atoms with Gasteiger partial charge in [-0.05, 0) is 63.7 Å². The molecule has 140 valence electrons. The van der Waals surface area contributed by atoms with E-state index in [9.17, 15) is 9.50 Å². The zero-order chi connectivity index (χ0) is 18.1. The molecule has 0 radical (unpaired) electrons. The minimum atomic E-state index is -0.230. The van der Waals surface area contributed by atoms with E-state index in [1.165, 1.54) is 18.6 Å². The molecule has 2 aliphatic heterocycles. The SMILES string of the molecule is CN1CCC[C@]2(CO)CCN(Cc3cn[nH]c3-c3ccc(F)cc3)C[C@@H]12. The molecule has 3 heterocycles. The molecule has 1 aromatic heterocycles. The fraction of sp³-hybridized carbons (Fsp3) is 0.550. The number of aromatic amines is 1. The fourth-order valence-corrected chi connectivity index (χ4v) is 4.76. The molecule has 6 heteroatoms. The lowest BCUT2D eigenvalue weighted by Gasteiger charge is -2.53. The number of aliphatic hydroxyl groups excluding tert-OH is 1. The van der Waals surface area contributed by atoms with Crippen molar-refractivity contribution in [2.45, 2.75) is 31.8 Å². The van der Waals surface area contributed by atoms with Crippen molar-refractivity contribution in [2.24, 2.45) is 5.41 Å². The predicted molar refractivity (Wildman–Crippen MR) is 99.0 cm³/mol. The maximum Gasteiger partial charge on any atom is 0.123 e. The van der Waals surface area contributed by atoms with Gasteiger partial charge in [0.2, 0.25) is 0 Å². The summed E-state index contributed by atoms with van der Waals surface area (Å²) in [5, 5.41) is 17.3. The molecule has 2 fully saturated rings. The van der Waals surface area contributed by atoms with Crippen LogP contribution in [0.3, 0.4) is 0 Å². The summed E-state index contributed by atoms with van der Waals surface area (Å²) in [4.78, 5) is 4.88. The number of hydrogen-bond acceptors (Lipinski definition) is 4. The topological polar surface area (TPSA) is 55.4 Å². The van der Waals surface area contributed by atoms with Crippen molar-refractivity contribution < 1.29 is 9.50 Å². The molecule has 2 saturated heterocycles. The number of aromatic nitrogens is 2. The third-order valence-corrected chi connectivity index (χ3v) is 6.34. The number of likely N-dealkylation sites (tertiary alicyclic amines) is 2. The summed E-state index contributed by atoms with van der Waals surface area (Å²) >= 11 is 0. The molecular formula is C20H27FN4O. The summed E-state index contributed by atoms with van der Waals surface area (Å²) in [6.45, 7) is 4.15. The first-order valence-corrected chi connectivity index (χ1v) is 9.43. The normalized spacial score (nSPS) is 27.4. The van der Waals surface area contributed by atoms with E-state index in [-0.39, 0.29) is 17.8 Å². The number of hydrogen-bond donors (Lipinski definition) is 2. The van der Waals surface area contributed by atoms with Crippen LogP contribution in [-0.4, -0.2) is 64.4 Å². The van der Waals surface area contributed by atoms with Crippen molar-refractivity contribution in [3.05, 3.63) is 41.8 Å². The highest BCUT2D eigenvalue weighted by Crippen LogP contribution is 2.41. The van der Waals surface area contributed by atoms with Gasteiger partial charge in [-0.15, -0.1) is 0 Å². The lowest BCUT2D eigenvalue weighted by Crippen LogP contribution is -2.61. The van der Waals surface area contributed by atoms with Crippen molar-refractivity contribution in [3.8, 4) is 11.3 Å². The number of halogens is 1. The van der Waals surface area contributed by atoms with Crippen LogP contribution in [-0.2, 0) is 6.54 Å². The maximum atomic E-state index is 13.2.